The highest BCUT2D eigenvalue weighted by atomic mass is 35.5. The minimum atomic E-state index is -0.420. The number of ether oxygens (including phenoxy) is 1. The summed E-state index contributed by atoms with van der Waals surface area (Å²) in [7, 11) is 0. The highest BCUT2D eigenvalue weighted by Gasteiger charge is 2.18. The van der Waals surface area contributed by atoms with E-state index in [1.54, 1.807) is 6.07 Å². The van der Waals surface area contributed by atoms with E-state index in [4.69, 9.17) is 16.3 Å². The van der Waals surface area contributed by atoms with E-state index >= 15 is 0 Å². The van der Waals surface area contributed by atoms with Crippen LogP contribution in [0.25, 0.3) is 10.8 Å². The van der Waals surface area contributed by atoms with Crippen LogP contribution in [0.4, 0.5) is 5.69 Å². The number of unbranched alkanes of at least 4 members (excludes halogenated alkanes) is 10. The number of hydrogen-bond donors (Lipinski definition) is 2. The Morgan fingerprint density at radius 1 is 0.800 bits per heavy atom. The predicted octanol–water partition coefficient (Wildman–Crippen LogP) is 10.9. The van der Waals surface area contributed by atoms with Crippen LogP contribution < -0.4 is 10.1 Å². The lowest BCUT2D eigenvalue weighted by molar-refractivity contribution is 0.102. The van der Waals surface area contributed by atoms with Crippen molar-refractivity contribution in [3.63, 3.8) is 0 Å². The first kappa shape index (κ1) is 31.8. The van der Waals surface area contributed by atoms with E-state index in [0.29, 0.717) is 39.8 Å². The molecule has 0 aliphatic heterocycles. The van der Waals surface area contributed by atoms with E-state index in [0.717, 1.165) is 0 Å². The molecule has 40 heavy (non-hydrogen) atoms. The Morgan fingerprint density at radius 2 is 1.35 bits per heavy atom. The first-order chi connectivity index (χ1) is 19.5. The number of halogens is 1. The van der Waals surface area contributed by atoms with Gasteiger partial charge in [-0.25, -0.2) is 0 Å². The van der Waals surface area contributed by atoms with Gasteiger partial charge in [-0.2, -0.15) is 0 Å². The van der Waals surface area contributed by atoms with Crippen LogP contribution in [0, 0.1) is 5.92 Å². The molecule has 2 N–H and O–H groups in total. The second kappa shape index (κ2) is 17.9. The van der Waals surface area contributed by atoms with Gasteiger partial charge in [0, 0.05) is 15.8 Å². The minimum absolute atomic E-state index is 0.0752. The molecule has 0 unspecified atom stereocenters. The van der Waals surface area contributed by atoms with Gasteiger partial charge in [0.05, 0.1) is 17.9 Å². The minimum Gasteiger partial charge on any atom is -0.506 e. The highest BCUT2D eigenvalue weighted by molar-refractivity contribution is 6.36. The molecule has 5 heteroatoms. The summed E-state index contributed by atoms with van der Waals surface area (Å²) in [5, 5.41) is 15.5. The van der Waals surface area contributed by atoms with Crippen molar-refractivity contribution in [1.82, 2.24) is 0 Å². The Balaban J connectivity index is 1.62. The summed E-state index contributed by atoms with van der Waals surface area (Å²) in [6.45, 7) is 5.16. The number of aromatic hydroxyl groups is 1. The summed E-state index contributed by atoms with van der Waals surface area (Å²) in [5.74, 6) is 0.660. The fraction of sp³-hybridized carbons (Fsp3) is 0.514. The molecule has 0 heterocycles. The Morgan fingerprint density at radius 3 is 2.00 bits per heavy atom. The third-order valence-electron chi connectivity index (χ3n) is 7.75. The number of phenols is 1. The number of para-hydroxylation sites is 2. The average Bonchev–Trinajstić information content (AvgIpc) is 2.97. The van der Waals surface area contributed by atoms with E-state index in [1.165, 1.54) is 96.0 Å². The lowest BCUT2D eigenvalue weighted by atomic mass is 9.94. The number of fused-ring (bicyclic) bond motifs is 1. The van der Waals surface area contributed by atoms with Crippen LogP contribution in [0.1, 0.15) is 114 Å². The second-order valence-corrected chi connectivity index (χ2v) is 11.4. The van der Waals surface area contributed by atoms with Gasteiger partial charge in [-0.3, -0.25) is 4.79 Å². The molecule has 0 fully saturated rings. The fourth-order valence-electron chi connectivity index (χ4n) is 5.32. The van der Waals surface area contributed by atoms with E-state index in [-0.39, 0.29) is 11.3 Å². The summed E-state index contributed by atoms with van der Waals surface area (Å²) >= 11 is 6.44. The van der Waals surface area contributed by atoms with Crippen molar-refractivity contribution in [1.29, 1.82) is 0 Å². The summed E-state index contributed by atoms with van der Waals surface area (Å²) in [5.41, 5.74) is 0.733. The largest absolute Gasteiger partial charge is 0.506 e. The van der Waals surface area contributed by atoms with Gasteiger partial charge in [0.1, 0.15) is 11.5 Å². The Labute approximate surface area is 246 Å². The van der Waals surface area contributed by atoms with Crippen LogP contribution in [0.5, 0.6) is 11.5 Å². The SMILES string of the molecule is CCCCCCCCC(CCCCCCCC)COc1ccccc1NC(=O)c1cc(Cl)c2ccccc2c1O. The topological polar surface area (TPSA) is 58.6 Å². The molecule has 0 aromatic heterocycles. The second-order valence-electron chi connectivity index (χ2n) is 11.0. The quantitative estimate of drug-likeness (QED) is 0.142. The van der Waals surface area contributed by atoms with Crippen molar-refractivity contribution in [2.75, 3.05) is 11.9 Å². The number of phenolic OH excluding ortho intramolecular Hbond substituents is 1. The Hall–Kier alpha value is -2.72. The molecule has 1 amide bonds. The molecule has 3 rings (SSSR count). The molecule has 0 bridgehead atoms. The number of benzene rings is 3. The Bertz CT molecular complexity index is 1160. The molecule has 0 saturated heterocycles. The van der Waals surface area contributed by atoms with Gasteiger partial charge < -0.3 is 15.2 Å². The molecule has 218 valence electrons. The van der Waals surface area contributed by atoms with Gasteiger partial charge in [-0.1, -0.05) is 139 Å². The number of anilines is 1. The van der Waals surface area contributed by atoms with E-state index < -0.39 is 5.91 Å². The number of rotatable bonds is 19. The Kier molecular flexibility index (Phi) is 14.2. The smallest absolute Gasteiger partial charge is 0.259 e. The molecule has 0 spiro atoms. The van der Waals surface area contributed by atoms with Gasteiger partial charge in [-0.05, 0) is 37.0 Å². The van der Waals surface area contributed by atoms with Gasteiger partial charge >= 0.3 is 0 Å². The van der Waals surface area contributed by atoms with Crippen molar-refractivity contribution in [2.24, 2.45) is 5.92 Å². The molecular formula is C35H48ClNO3. The molecule has 3 aromatic carbocycles. The van der Waals surface area contributed by atoms with Crippen molar-refractivity contribution in [2.45, 2.75) is 104 Å². The van der Waals surface area contributed by atoms with Gasteiger partial charge in [0.25, 0.3) is 5.91 Å². The lowest BCUT2D eigenvalue weighted by Crippen LogP contribution is -2.16. The normalized spacial score (nSPS) is 11.3. The van der Waals surface area contributed by atoms with Crippen LogP contribution in [0.15, 0.2) is 54.6 Å². The van der Waals surface area contributed by atoms with Gasteiger partial charge in [0.15, 0.2) is 0 Å². The first-order valence-electron chi connectivity index (χ1n) is 15.5. The molecular weight excluding hydrogens is 518 g/mol. The first-order valence-corrected chi connectivity index (χ1v) is 15.9. The third-order valence-corrected chi connectivity index (χ3v) is 8.06. The molecule has 0 aliphatic carbocycles. The van der Waals surface area contributed by atoms with Gasteiger partial charge in [0.2, 0.25) is 0 Å². The van der Waals surface area contributed by atoms with Crippen LogP contribution >= 0.6 is 11.6 Å². The molecule has 4 nitrogen and oxygen atoms in total. The number of nitrogens with one attached hydrogen (secondary N) is 1. The summed E-state index contributed by atoms with van der Waals surface area (Å²) < 4.78 is 6.35. The zero-order chi connectivity index (χ0) is 28.6. The number of hydrogen-bond acceptors (Lipinski definition) is 3. The number of carbonyl (C=O) groups is 1. The van der Waals surface area contributed by atoms with E-state index in [9.17, 15) is 9.90 Å². The standard InChI is InChI=1S/C35H48ClNO3/c1-3-5-7-9-11-13-19-27(20-14-12-10-8-6-4-2)26-40-33-24-18-17-23-32(33)37-35(39)30-25-31(36)28-21-15-16-22-29(28)34(30)38/h15-18,21-25,27,38H,3-14,19-20,26H2,1-2H3,(H,37,39). The van der Waals surface area contributed by atoms with Crippen LogP contribution in [-0.4, -0.2) is 17.6 Å². The third kappa shape index (κ3) is 10.0. The van der Waals surface area contributed by atoms with Crippen molar-refractivity contribution >= 4 is 34.0 Å². The maximum absolute atomic E-state index is 13.2. The van der Waals surface area contributed by atoms with Crippen molar-refractivity contribution in [3.8, 4) is 11.5 Å². The monoisotopic (exact) mass is 565 g/mol. The summed E-state index contributed by atoms with van der Waals surface area (Å²) in [6, 6.07) is 16.3. The zero-order valence-corrected chi connectivity index (χ0v) is 25.3. The van der Waals surface area contributed by atoms with E-state index in [1.807, 2.05) is 42.5 Å². The molecule has 0 saturated carbocycles. The summed E-state index contributed by atoms with van der Waals surface area (Å²) in [6.07, 6.45) is 17.9. The molecule has 0 aliphatic rings. The number of carbonyl (C=O) groups excluding carboxylic acids is 1. The molecule has 3 aromatic rings. The maximum Gasteiger partial charge on any atom is 0.259 e. The van der Waals surface area contributed by atoms with Crippen molar-refractivity contribution < 1.29 is 14.6 Å². The maximum atomic E-state index is 13.2. The lowest BCUT2D eigenvalue weighted by Gasteiger charge is -2.20. The van der Waals surface area contributed by atoms with Crippen molar-refractivity contribution in [3.05, 3.63) is 65.2 Å². The molecule has 0 radical (unpaired) electrons. The van der Waals surface area contributed by atoms with E-state index in [2.05, 4.69) is 19.2 Å². The molecule has 0 atom stereocenters. The van der Waals surface area contributed by atoms with Crippen LogP contribution in [0.2, 0.25) is 5.02 Å². The van der Waals surface area contributed by atoms with Gasteiger partial charge in [-0.15, -0.1) is 0 Å². The van der Waals surface area contributed by atoms with Crippen LogP contribution in [0.3, 0.4) is 0 Å². The average molecular weight is 566 g/mol. The zero-order valence-electron chi connectivity index (χ0n) is 24.5. The number of amides is 1. The highest BCUT2D eigenvalue weighted by Crippen LogP contribution is 2.35. The fourth-order valence-corrected chi connectivity index (χ4v) is 5.59. The predicted molar refractivity (Wildman–Crippen MR) is 170 cm³/mol. The summed E-state index contributed by atoms with van der Waals surface area (Å²) in [4.78, 5) is 13.2. The van der Waals surface area contributed by atoms with Crippen LogP contribution in [-0.2, 0) is 0 Å².